The molecule has 27 heavy (non-hydrogen) atoms. The standard InChI is InChI=1S/C20H25N3O4/c1-15-12-17(24)19(27-3)13-23(15)14-20(25)22-10-8-21(9-11-22)16-6-4-5-7-18(16)26-2/h4-7,12-13H,8-11,14H2,1-3H3. The maximum Gasteiger partial charge on any atom is 0.242 e. The van der Waals surface area contributed by atoms with Gasteiger partial charge in [0.15, 0.2) is 5.75 Å². The van der Waals surface area contributed by atoms with Crippen molar-refractivity contribution < 1.29 is 14.3 Å². The van der Waals surface area contributed by atoms with Crippen LogP contribution < -0.4 is 19.8 Å². The van der Waals surface area contributed by atoms with Gasteiger partial charge in [0.1, 0.15) is 12.3 Å². The van der Waals surface area contributed by atoms with Crippen LogP contribution in [0.5, 0.6) is 11.5 Å². The van der Waals surface area contributed by atoms with Gasteiger partial charge in [-0.15, -0.1) is 0 Å². The van der Waals surface area contributed by atoms with Gasteiger partial charge in [-0.1, -0.05) is 12.1 Å². The fraction of sp³-hybridized carbons (Fsp3) is 0.400. The Hall–Kier alpha value is -2.96. The molecular weight excluding hydrogens is 346 g/mol. The third-order valence-corrected chi connectivity index (χ3v) is 4.89. The number of benzene rings is 1. The van der Waals surface area contributed by atoms with Gasteiger partial charge in [0.05, 0.1) is 26.1 Å². The van der Waals surface area contributed by atoms with Crippen molar-refractivity contribution in [1.29, 1.82) is 0 Å². The highest BCUT2D eigenvalue weighted by atomic mass is 16.5. The van der Waals surface area contributed by atoms with Gasteiger partial charge in [-0.25, -0.2) is 0 Å². The van der Waals surface area contributed by atoms with Crippen molar-refractivity contribution in [2.45, 2.75) is 13.5 Å². The van der Waals surface area contributed by atoms with Gasteiger partial charge < -0.3 is 23.8 Å². The first-order valence-electron chi connectivity index (χ1n) is 8.94. The minimum Gasteiger partial charge on any atom is -0.495 e. The van der Waals surface area contributed by atoms with E-state index in [0.717, 1.165) is 30.2 Å². The molecule has 144 valence electrons. The van der Waals surface area contributed by atoms with Crippen LogP contribution in [-0.2, 0) is 11.3 Å². The van der Waals surface area contributed by atoms with Crippen LogP contribution in [0.25, 0.3) is 0 Å². The molecule has 7 nitrogen and oxygen atoms in total. The van der Waals surface area contributed by atoms with Crippen LogP contribution in [-0.4, -0.2) is 55.8 Å². The van der Waals surface area contributed by atoms with E-state index in [0.29, 0.717) is 13.1 Å². The summed E-state index contributed by atoms with van der Waals surface area (Å²) in [5.74, 6) is 1.12. The molecule has 0 atom stereocenters. The van der Waals surface area contributed by atoms with Crippen molar-refractivity contribution in [3.05, 3.63) is 52.4 Å². The number of hydrogen-bond donors (Lipinski definition) is 0. The Kier molecular flexibility index (Phi) is 5.69. The summed E-state index contributed by atoms with van der Waals surface area (Å²) in [5, 5.41) is 0. The summed E-state index contributed by atoms with van der Waals surface area (Å²) < 4.78 is 12.3. The molecule has 1 aromatic heterocycles. The fourth-order valence-electron chi connectivity index (χ4n) is 3.31. The number of hydrogen-bond acceptors (Lipinski definition) is 5. The average molecular weight is 371 g/mol. The van der Waals surface area contributed by atoms with Crippen molar-refractivity contribution in [3.63, 3.8) is 0 Å². The predicted molar refractivity (Wildman–Crippen MR) is 104 cm³/mol. The lowest BCUT2D eigenvalue weighted by molar-refractivity contribution is -0.132. The third-order valence-electron chi connectivity index (χ3n) is 4.89. The summed E-state index contributed by atoms with van der Waals surface area (Å²) in [6.07, 6.45) is 1.60. The third kappa shape index (κ3) is 4.07. The lowest BCUT2D eigenvalue weighted by Crippen LogP contribution is -2.49. The van der Waals surface area contributed by atoms with Gasteiger partial charge in [0, 0.05) is 37.9 Å². The largest absolute Gasteiger partial charge is 0.495 e. The van der Waals surface area contributed by atoms with E-state index < -0.39 is 0 Å². The maximum absolute atomic E-state index is 12.7. The predicted octanol–water partition coefficient (Wildman–Crippen LogP) is 1.52. The van der Waals surface area contributed by atoms with Gasteiger partial charge >= 0.3 is 0 Å². The first-order chi connectivity index (χ1) is 13.0. The summed E-state index contributed by atoms with van der Waals surface area (Å²) in [6, 6.07) is 9.41. The number of para-hydroxylation sites is 2. The summed E-state index contributed by atoms with van der Waals surface area (Å²) in [4.78, 5) is 28.6. The quantitative estimate of drug-likeness (QED) is 0.797. The van der Waals surface area contributed by atoms with E-state index in [2.05, 4.69) is 4.90 Å². The normalized spacial score (nSPS) is 14.2. The van der Waals surface area contributed by atoms with Crippen LogP contribution in [0.4, 0.5) is 5.69 Å². The Balaban J connectivity index is 1.65. The average Bonchev–Trinajstić information content (AvgIpc) is 2.70. The van der Waals surface area contributed by atoms with E-state index in [-0.39, 0.29) is 23.6 Å². The number of carbonyl (C=O) groups is 1. The molecule has 0 N–H and O–H groups in total. The molecule has 1 fully saturated rings. The van der Waals surface area contributed by atoms with Crippen LogP contribution in [0.2, 0.25) is 0 Å². The smallest absolute Gasteiger partial charge is 0.242 e. The fourth-order valence-corrected chi connectivity index (χ4v) is 3.31. The molecule has 0 spiro atoms. The molecular formula is C20H25N3O4. The molecule has 0 aliphatic carbocycles. The second-order valence-electron chi connectivity index (χ2n) is 6.52. The molecule has 1 aromatic carbocycles. The molecule has 1 saturated heterocycles. The molecule has 0 radical (unpaired) electrons. The number of piperazine rings is 1. The first kappa shape index (κ1) is 18.8. The first-order valence-corrected chi connectivity index (χ1v) is 8.94. The zero-order chi connectivity index (χ0) is 19.4. The van der Waals surface area contributed by atoms with Gasteiger partial charge in [-0.2, -0.15) is 0 Å². The molecule has 0 unspecified atom stereocenters. The zero-order valence-corrected chi connectivity index (χ0v) is 16.0. The zero-order valence-electron chi connectivity index (χ0n) is 16.0. The number of ether oxygens (including phenoxy) is 2. The number of anilines is 1. The van der Waals surface area contributed by atoms with Crippen LogP contribution in [0.3, 0.4) is 0 Å². The van der Waals surface area contributed by atoms with E-state index in [1.807, 2.05) is 36.1 Å². The van der Waals surface area contributed by atoms with Gasteiger partial charge in [0.2, 0.25) is 11.3 Å². The Bertz CT molecular complexity index is 870. The molecule has 0 bridgehead atoms. The van der Waals surface area contributed by atoms with Crippen molar-refractivity contribution in [3.8, 4) is 11.5 Å². The molecule has 7 heteroatoms. The van der Waals surface area contributed by atoms with Crippen molar-refractivity contribution in [1.82, 2.24) is 9.47 Å². The van der Waals surface area contributed by atoms with E-state index in [1.54, 1.807) is 17.9 Å². The monoisotopic (exact) mass is 371 g/mol. The number of rotatable bonds is 5. The van der Waals surface area contributed by atoms with Crippen molar-refractivity contribution in [2.24, 2.45) is 0 Å². The summed E-state index contributed by atoms with van der Waals surface area (Å²) in [5.41, 5.74) is 1.61. The van der Waals surface area contributed by atoms with E-state index in [4.69, 9.17) is 9.47 Å². The summed E-state index contributed by atoms with van der Waals surface area (Å²) in [7, 11) is 3.12. The van der Waals surface area contributed by atoms with Crippen molar-refractivity contribution in [2.75, 3.05) is 45.3 Å². The number of aromatic nitrogens is 1. The Morgan fingerprint density at radius 3 is 2.37 bits per heavy atom. The van der Waals surface area contributed by atoms with Crippen LogP contribution in [0.15, 0.2) is 41.3 Å². The van der Waals surface area contributed by atoms with Crippen LogP contribution >= 0.6 is 0 Å². The molecule has 0 saturated carbocycles. The van der Waals surface area contributed by atoms with E-state index in [9.17, 15) is 9.59 Å². The highest BCUT2D eigenvalue weighted by Crippen LogP contribution is 2.28. The Morgan fingerprint density at radius 1 is 1.04 bits per heavy atom. The molecule has 1 amide bonds. The number of aryl methyl sites for hydroxylation is 1. The topological polar surface area (TPSA) is 64.0 Å². The van der Waals surface area contributed by atoms with Gasteiger partial charge in [-0.3, -0.25) is 9.59 Å². The SMILES string of the molecule is COc1ccccc1N1CCN(C(=O)Cn2cc(OC)c(=O)cc2C)CC1. The number of nitrogens with zero attached hydrogens (tertiary/aromatic N) is 3. The van der Waals surface area contributed by atoms with Crippen LogP contribution in [0.1, 0.15) is 5.69 Å². The summed E-state index contributed by atoms with van der Waals surface area (Å²) >= 11 is 0. The van der Waals surface area contributed by atoms with Gasteiger partial charge in [0.25, 0.3) is 0 Å². The number of carbonyl (C=O) groups excluding carboxylic acids is 1. The highest BCUT2D eigenvalue weighted by molar-refractivity contribution is 5.76. The maximum atomic E-state index is 12.7. The van der Waals surface area contributed by atoms with Crippen LogP contribution in [0, 0.1) is 6.92 Å². The second kappa shape index (κ2) is 8.16. The highest BCUT2D eigenvalue weighted by Gasteiger charge is 2.23. The minimum absolute atomic E-state index is 0.0310. The van der Waals surface area contributed by atoms with E-state index >= 15 is 0 Å². The molecule has 1 aliphatic rings. The van der Waals surface area contributed by atoms with Gasteiger partial charge in [-0.05, 0) is 19.1 Å². The van der Waals surface area contributed by atoms with E-state index in [1.165, 1.54) is 13.2 Å². The minimum atomic E-state index is -0.177. The molecule has 2 aromatic rings. The molecule has 3 rings (SSSR count). The molecule has 1 aliphatic heterocycles. The second-order valence-corrected chi connectivity index (χ2v) is 6.52. The Morgan fingerprint density at radius 2 is 1.70 bits per heavy atom. The lowest BCUT2D eigenvalue weighted by atomic mass is 10.2. The molecule has 2 heterocycles. The lowest BCUT2D eigenvalue weighted by Gasteiger charge is -2.36. The number of amides is 1. The Labute approximate surface area is 158 Å². The number of methoxy groups -OCH3 is 2. The van der Waals surface area contributed by atoms with Crippen molar-refractivity contribution >= 4 is 11.6 Å². The number of pyridine rings is 1. The summed E-state index contributed by atoms with van der Waals surface area (Å²) in [6.45, 7) is 4.79.